The number of hydrogen-bond donors (Lipinski definition) is 2. The number of urea groups is 1. The summed E-state index contributed by atoms with van der Waals surface area (Å²) in [7, 11) is 1.58. The van der Waals surface area contributed by atoms with Gasteiger partial charge in [0.2, 0.25) is 0 Å². The summed E-state index contributed by atoms with van der Waals surface area (Å²) in [5.41, 5.74) is 2.07. The maximum absolute atomic E-state index is 12.0. The van der Waals surface area contributed by atoms with Crippen LogP contribution in [0.2, 0.25) is 0 Å². The molecule has 1 heterocycles. The van der Waals surface area contributed by atoms with E-state index in [1.807, 2.05) is 13.8 Å². The SMILES string of the molecule is COc1ccc(NC(=O)Nc2sc(C)c(C)c2C#N)cc1. The molecule has 0 saturated carbocycles. The molecular formula is C15H15N3O2S. The molecule has 0 bridgehead atoms. The molecule has 0 aliphatic heterocycles. The molecule has 0 fully saturated rings. The Morgan fingerprint density at radius 1 is 1.24 bits per heavy atom. The Kier molecular flexibility index (Phi) is 4.45. The van der Waals surface area contributed by atoms with E-state index < -0.39 is 0 Å². The highest BCUT2D eigenvalue weighted by atomic mass is 32.1. The Hall–Kier alpha value is -2.52. The number of hydrogen-bond acceptors (Lipinski definition) is 4. The lowest BCUT2D eigenvalue weighted by atomic mass is 10.2. The Bertz CT molecular complexity index is 699. The van der Waals surface area contributed by atoms with Crippen LogP contribution in [-0.4, -0.2) is 13.1 Å². The van der Waals surface area contributed by atoms with E-state index in [0.29, 0.717) is 16.3 Å². The highest BCUT2D eigenvalue weighted by Gasteiger charge is 2.14. The van der Waals surface area contributed by atoms with Crippen molar-refractivity contribution in [3.05, 3.63) is 40.3 Å². The number of amides is 2. The van der Waals surface area contributed by atoms with Crippen LogP contribution in [0.1, 0.15) is 16.0 Å². The van der Waals surface area contributed by atoms with Crippen LogP contribution in [0.25, 0.3) is 0 Å². The molecule has 0 aliphatic rings. The molecule has 2 N–H and O–H groups in total. The summed E-state index contributed by atoms with van der Waals surface area (Å²) >= 11 is 1.40. The van der Waals surface area contributed by atoms with E-state index in [9.17, 15) is 4.79 Å². The van der Waals surface area contributed by atoms with Crippen molar-refractivity contribution in [1.29, 1.82) is 5.26 Å². The minimum Gasteiger partial charge on any atom is -0.497 e. The minimum atomic E-state index is -0.377. The molecule has 5 nitrogen and oxygen atoms in total. The van der Waals surface area contributed by atoms with Gasteiger partial charge in [-0.25, -0.2) is 4.79 Å². The molecule has 2 aromatic rings. The second-order valence-corrected chi connectivity index (χ2v) is 5.63. The molecule has 1 aromatic carbocycles. The fraction of sp³-hybridized carbons (Fsp3) is 0.200. The van der Waals surface area contributed by atoms with Crippen LogP contribution < -0.4 is 15.4 Å². The standard InChI is InChI=1S/C15H15N3O2S/c1-9-10(2)21-14(13(9)8-16)18-15(19)17-11-4-6-12(20-3)7-5-11/h4-7H,1-3H3,(H2,17,18,19). The van der Waals surface area contributed by atoms with Gasteiger partial charge in [0.25, 0.3) is 0 Å². The number of aryl methyl sites for hydroxylation is 1. The maximum atomic E-state index is 12.0. The van der Waals surface area contributed by atoms with Gasteiger partial charge in [-0.05, 0) is 43.7 Å². The first-order valence-electron chi connectivity index (χ1n) is 6.27. The summed E-state index contributed by atoms with van der Waals surface area (Å²) in [4.78, 5) is 13.0. The molecule has 0 unspecified atom stereocenters. The lowest BCUT2D eigenvalue weighted by molar-refractivity contribution is 0.262. The fourth-order valence-electron chi connectivity index (χ4n) is 1.79. The van der Waals surface area contributed by atoms with Crippen LogP contribution >= 0.6 is 11.3 Å². The summed E-state index contributed by atoms with van der Waals surface area (Å²) < 4.78 is 5.05. The zero-order valence-corrected chi connectivity index (χ0v) is 12.8. The Morgan fingerprint density at radius 3 is 2.48 bits per heavy atom. The van der Waals surface area contributed by atoms with Gasteiger partial charge in [-0.1, -0.05) is 0 Å². The van der Waals surface area contributed by atoms with Crippen LogP contribution in [0.15, 0.2) is 24.3 Å². The average Bonchev–Trinajstić information content (AvgIpc) is 2.73. The smallest absolute Gasteiger partial charge is 0.324 e. The predicted molar refractivity (Wildman–Crippen MR) is 84.1 cm³/mol. The van der Waals surface area contributed by atoms with Crippen molar-refractivity contribution in [3.8, 4) is 11.8 Å². The molecule has 21 heavy (non-hydrogen) atoms. The molecule has 108 valence electrons. The number of nitrogens with zero attached hydrogens (tertiary/aromatic N) is 1. The summed E-state index contributed by atoms with van der Waals surface area (Å²) in [5.74, 6) is 0.720. The molecule has 0 spiro atoms. The summed E-state index contributed by atoms with van der Waals surface area (Å²) in [5, 5.41) is 15.1. The van der Waals surface area contributed by atoms with Crippen molar-refractivity contribution in [1.82, 2.24) is 0 Å². The maximum Gasteiger partial charge on any atom is 0.324 e. The van der Waals surface area contributed by atoms with E-state index in [4.69, 9.17) is 10.00 Å². The quantitative estimate of drug-likeness (QED) is 0.903. The Balaban J connectivity index is 2.08. The number of anilines is 2. The van der Waals surface area contributed by atoms with Crippen LogP contribution in [0, 0.1) is 25.2 Å². The van der Waals surface area contributed by atoms with Gasteiger partial charge in [0.15, 0.2) is 0 Å². The van der Waals surface area contributed by atoms with Gasteiger partial charge in [-0.15, -0.1) is 11.3 Å². The normalized spacial score (nSPS) is 9.81. The monoisotopic (exact) mass is 301 g/mol. The van der Waals surface area contributed by atoms with Crippen molar-refractivity contribution in [3.63, 3.8) is 0 Å². The molecule has 0 saturated heterocycles. The van der Waals surface area contributed by atoms with Crippen molar-refractivity contribution in [2.75, 3.05) is 17.7 Å². The van der Waals surface area contributed by atoms with Gasteiger partial charge >= 0.3 is 6.03 Å². The lowest BCUT2D eigenvalue weighted by Crippen LogP contribution is -2.19. The largest absolute Gasteiger partial charge is 0.497 e. The van der Waals surface area contributed by atoms with Crippen molar-refractivity contribution >= 4 is 28.1 Å². The number of carbonyl (C=O) groups is 1. The zero-order chi connectivity index (χ0) is 15.4. The van der Waals surface area contributed by atoms with E-state index >= 15 is 0 Å². The summed E-state index contributed by atoms with van der Waals surface area (Å²) in [6, 6.07) is 8.75. The van der Waals surface area contributed by atoms with Gasteiger partial charge in [-0.2, -0.15) is 5.26 Å². The molecule has 2 amide bonds. The van der Waals surface area contributed by atoms with E-state index in [0.717, 1.165) is 16.2 Å². The number of methoxy groups -OCH3 is 1. The number of rotatable bonds is 3. The lowest BCUT2D eigenvalue weighted by Gasteiger charge is -2.07. The third-order valence-corrected chi connectivity index (χ3v) is 4.19. The molecule has 0 atom stereocenters. The van der Waals surface area contributed by atoms with Crippen molar-refractivity contribution in [2.24, 2.45) is 0 Å². The summed E-state index contributed by atoms with van der Waals surface area (Å²) in [6.45, 7) is 3.80. The first-order chi connectivity index (χ1) is 10.0. The predicted octanol–water partition coefficient (Wildman–Crippen LogP) is 3.89. The first-order valence-corrected chi connectivity index (χ1v) is 7.09. The molecule has 2 rings (SSSR count). The number of carbonyl (C=O) groups excluding carboxylic acids is 1. The van der Waals surface area contributed by atoms with Crippen LogP contribution in [-0.2, 0) is 0 Å². The van der Waals surface area contributed by atoms with Crippen LogP contribution in [0.5, 0.6) is 5.75 Å². The molecule has 0 radical (unpaired) electrons. The van der Waals surface area contributed by atoms with Gasteiger partial charge in [0, 0.05) is 10.6 Å². The van der Waals surface area contributed by atoms with Crippen LogP contribution in [0.3, 0.4) is 0 Å². The second kappa shape index (κ2) is 6.29. The van der Waals surface area contributed by atoms with E-state index in [2.05, 4.69) is 16.7 Å². The van der Waals surface area contributed by atoms with E-state index in [1.165, 1.54) is 11.3 Å². The van der Waals surface area contributed by atoms with Gasteiger partial charge in [-0.3, -0.25) is 5.32 Å². The number of nitrogens with one attached hydrogen (secondary N) is 2. The average molecular weight is 301 g/mol. The third kappa shape index (κ3) is 3.33. The zero-order valence-electron chi connectivity index (χ0n) is 12.0. The van der Waals surface area contributed by atoms with Crippen LogP contribution in [0.4, 0.5) is 15.5 Å². The minimum absolute atomic E-state index is 0.377. The van der Waals surface area contributed by atoms with E-state index in [-0.39, 0.29) is 6.03 Å². The van der Waals surface area contributed by atoms with Gasteiger partial charge in [0.1, 0.15) is 16.8 Å². The highest BCUT2D eigenvalue weighted by Crippen LogP contribution is 2.31. The fourth-order valence-corrected chi connectivity index (χ4v) is 2.80. The van der Waals surface area contributed by atoms with Gasteiger partial charge < -0.3 is 10.1 Å². The van der Waals surface area contributed by atoms with Crippen molar-refractivity contribution in [2.45, 2.75) is 13.8 Å². The molecular weight excluding hydrogens is 286 g/mol. The first kappa shape index (κ1) is 14.9. The summed E-state index contributed by atoms with van der Waals surface area (Å²) in [6.07, 6.45) is 0. The third-order valence-electron chi connectivity index (χ3n) is 3.07. The number of thiophene rings is 1. The molecule has 6 heteroatoms. The topological polar surface area (TPSA) is 74.2 Å². The molecule has 1 aromatic heterocycles. The number of ether oxygens (including phenoxy) is 1. The van der Waals surface area contributed by atoms with Gasteiger partial charge in [0.05, 0.1) is 12.7 Å². The Labute approximate surface area is 127 Å². The number of benzene rings is 1. The highest BCUT2D eigenvalue weighted by molar-refractivity contribution is 7.16. The van der Waals surface area contributed by atoms with Crippen molar-refractivity contribution < 1.29 is 9.53 Å². The number of nitriles is 1. The second-order valence-electron chi connectivity index (χ2n) is 4.41. The Morgan fingerprint density at radius 2 is 1.90 bits per heavy atom. The van der Waals surface area contributed by atoms with E-state index in [1.54, 1.807) is 31.4 Å². The molecule has 0 aliphatic carbocycles.